The summed E-state index contributed by atoms with van der Waals surface area (Å²) in [6.07, 6.45) is 2.79. The number of ether oxygens (including phenoxy) is 1. The van der Waals surface area contributed by atoms with E-state index in [4.69, 9.17) is 4.74 Å². The summed E-state index contributed by atoms with van der Waals surface area (Å²) in [6, 6.07) is 8.23. The highest BCUT2D eigenvalue weighted by atomic mass is 16.5. The number of aromatic nitrogens is 1. The Morgan fingerprint density at radius 3 is 2.94 bits per heavy atom. The Hall–Kier alpha value is -1.77. The lowest BCUT2D eigenvalue weighted by molar-refractivity contribution is -0.144. The molecule has 0 saturated heterocycles. The lowest BCUT2D eigenvalue weighted by atomic mass is 10.2. The Morgan fingerprint density at radius 1 is 1.35 bits per heavy atom. The third-order valence-electron chi connectivity index (χ3n) is 2.69. The van der Waals surface area contributed by atoms with Crippen molar-refractivity contribution in [3.63, 3.8) is 0 Å². The van der Waals surface area contributed by atoms with E-state index in [0.29, 0.717) is 6.61 Å². The standard InChI is InChI=1S/C14H17NO2/c1-3-8-17-14(16)10-15-7-6-12-9-11(2)4-5-13(12)15/h4-7,9H,3,8,10H2,1-2H3. The summed E-state index contributed by atoms with van der Waals surface area (Å²) in [5, 5.41) is 1.16. The van der Waals surface area contributed by atoms with Gasteiger partial charge in [0, 0.05) is 11.7 Å². The van der Waals surface area contributed by atoms with Crippen LogP contribution < -0.4 is 0 Å². The number of carbonyl (C=O) groups is 1. The van der Waals surface area contributed by atoms with Crippen LogP contribution in [0.1, 0.15) is 18.9 Å². The quantitative estimate of drug-likeness (QED) is 0.758. The fourth-order valence-corrected chi connectivity index (χ4v) is 1.86. The van der Waals surface area contributed by atoms with Gasteiger partial charge in [-0.15, -0.1) is 0 Å². The molecule has 2 aromatic rings. The number of benzene rings is 1. The van der Waals surface area contributed by atoms with Gasteiger partial charge < -0.3 is 9.30 Å². The van der Waals surface area contributed by atoms with Gasteiger partial charge in [-0.05, 0) is 36.9 Å². The first-order valence-electron chi connectivity index (χ1n) is 5.92. The maximum absolute atomic E-state index is 11.5. The molecular weight excluding hydrogens is 214 g/mol. The molecular formula is C14H17NO2. The summed E-state index contributed by atoms with van der Waals surface area (Å²) in [6.45, 7) is 4.83. The van der Waals surface area contributed by atoms with Crippen LogP contribution in [0.2, 0.25) is 0 Å². The van der Waals surface area contributed by atoms with Gasteiger partial charge in [0.15, 0.2) is 0 Å². The summed E-state index contributed by atoms with van der Waals surface area (Å²) in [5.74, 6) is -0.176. The Kier molecular flexibility index (Phi) is 3.47. The second kappa shape index (κ2) is 5.04. The minimum atomic E-state index is -0.176. The van der Waals surface area contributed by atoms with Gasteiger partial charge in [-0.25, -0.2) is 0 Å². The Labute approximate surface area is 101 Å². The lowest BCUT2D eigenvalue weighted by Gasteiger charge is -2.06. The Balaban J connectivity index is 2.16. The normalized spacial score (nSPS) is 10.7. The van der Waals surface area contributed by atoms with E-state index >= 15 is 0 Å². The first-order chi connectivity index (χ1) is 8.20. The van der Waals surface area contributed by atoms with E-state index in [1.54, 1.807) is 0 Å². The van der Waals surface area contributed by atoms with Crippen LogP contribution >= 0.6 is 0 Å². The van der Waals surface area contributed by atoms with Crippen molar-refractivity contribution < 1.29 is 9.53 Å². The zero-order valence-electron chi connectivity index (χ0n) is 10.3. The Morgan fingerprint density at radius 2 is 2.18 bits per heavy atom. The van der Waals surface area contributed by atoms with Gasteiger partial charge >= 0.3 is 5.97 Å². The smallest absolute Gasteiger partial charge is 0.325 e. The maximum Gasteiger partial charge on any atom is 0.325 e. The van der Waals surface area contributed by atoms with E-state index in [-0.39, 0.29) is 12.5 Å². The van der Waals surface area contributed by atoms with Gasteiger partial charge in [0.25, 0.3) is 0 Å². The van der Waals surface area contributed by atoms with Crippen LogP contribution in [0.25, 0.3) is 10.9 Å². The number of esters is 1. The number of aryl methyl sites for hydroxylation is 1. The van der Waals surface area contributed by atoms with Crippen LogP contribution in [0.4, 0.5) is 0 Å². The highest BCUT2D eigenvalue weighted by molar-refractivity contribution is 5.82. The summed E-state index contributed by atoms with van der Waals surface area (Å²) in [7, 11) is 0. The number of nitrogens with zero attached hydrogens (tertiary/aromatic N) is 1. The van der Waals surface area contributed by atoms with Crippen LogP contribution in [-0.2, 0) is 16.1 Å². The van der Waals surface area contributed by atoms with Crippen LogP contribution in [0.5, 0.6) is 0 Å². The molecule has 3 heteroatoms. The molecule has 0 saturated carbocycles. The number of hydrogen-bond acceptors (Lipinski definition) is 2. The number of fused-ring (bicyclic) bond motifs is 1. The summed E-state index contributed by atoms with van der Waals surface area (Å²) >= 11 is 0. The van der Waals surface area contributed by atoms with Crippen molar-refractivity contribution in [3.05, 3.63) is 36.0 Å². The van der Waals surface area contributed by atoms with Crippen molar-refractivity contribution in [2.75, 3.05) is 6.61 Å². The predicted octanol–water partition coefficient (Wildman–Crippen LogP) is 2.90. The van der Waals surface area contributed by atoms with Crippen molar-refractivity contribution in [1.29, 1.82) is 0 Å². The van der Waals surface area contributed by atoms with E-state index in [1.807, 2.05) is 29.8 Å². The average Bonchev–Trinajstić information content (AvgIpc) is 2.69. The monoisotopic (exact) mass is 231 g/mol. The summed E-state index contributed by atoms with van der Waals surface area (Å²) in [5.41, 5.74) is 2.30. The molecule has 1 heterocycles. The van der Waals surface area contributed by atoms with Crippen LogP contribution in [0, 0.1) is 6.92 Å². The fourth-order valence-electron chi connectivity index (χ4n) is 1.86. The molecule has 3 nitrogen and oxygen atoms in total. The van der Waals surface area contributed by atoms with E-state index in [1.165, 1.54) is 5.56 Å². The molecule has 0 spiro atoms. The van der Waals surface area contributed by atoms with Gasteiger partial charge in [0.2, 0.25) is 0 Å². The van der Waals surface area contributed by atoms with Crippen molar-refractivity contribution in [2.24, 2.45) is 0 Å². The second-order valence-corrected chi connectivity index (χ2v) is 4.23. The van der Waals surface area contributed by atoms with Gasteiger partial charge in [0.1, 0.15) is 6.54 Å². The molecule has 90 valence electrons. The Bertz CT molecular complexity index is 528. The third-order valence-corrected chi connectivity index (χ3v) is 2.69. The molecule has 1 aromatic carbocycles. The van der Waals surface area contributed by atoms with Crippen molar-refractivity contribution in [2.45, 2.75) is 26.8 Å². The van der Waals surface area contributed by atoms with Crippen LogP contribution in [0.15, 0.2) is 30.5 Å². The van der Waals surface area contributed by atoms with Crippen molar-refractivity contribution >= 4 is 16.9 Å². The third kappa shape index (κ3) is 2.67. The SMILES string of the molecule is CCCOC(=O)Cn1ccc2cc(C)ccc21. The summed E-state index contributed by atoms with van der Waals surface area (Å²) < 4.78 is 7.00. The van der Waals surface area contributed by atoms with E-state index in [0.717, 1.165) is 17.3 Å². The van der Waals surface area contributed by atoms with E-state index < -0.39 is 0 Å². The molecule has 0 atom stereocenters. The number of carbonyl (C=O) groups excluding carboxylic acids is 1. The number of rotatable bonds is 4. The molecule has 0 bridgehead atoms. The van der Waals surface area contributed by atoms with Crippen molar-refractivity contribution in [3.8, 4) is 0 Å². The zero-order chi connectivity index (χ0) is 12.3. The highest BCUT2D eigenvalue weighted by Crippen LogP contribution is 2.17. The first-order valence-corrected chi connectivity index (χ1v) is 5.92. The predicted molar refractivity (Wildman–Crippen MR) is 67.9 cm³/mol. The maximum atomic E-state index is 11.5. The minimum absolute atomic E-state index is 0.176. The van der Waals surface area contributed by atoms with Gasteiger partial charge in [-0.2, -0.15) is 0 Å². The van der Waals surface area contributed by atoms with Crippen molar-refractivity contribution in [1.82, 2.24) is 4.57 Å². The topological polar surface area (TPSA) is 31.2 Å². The number of hydrogen-bond donors (Lipinski definition) is 0. The molecule has 0 unspecified atom stereocenters. The molecule has 1 aromatic heterocycles. The van der Waals surface area contributed by atoms with Crippen LogP contribution in [-0.4, -0.2) is 17.1 Å². The fraction of sp³-hybridized carbons (Fsp3) is 0.357. The van der Waals surface area contributed by atoms with Gasteiger partial charge in [0.05, 0.1) is 6.61 Å². The van der Waals surface area contributed by atoms with Gasteiger partial charge in [-0.3, -0.25) is 4.79 Å². The molecule has 0 N–H and O–H groups in total. The molecule has 0 aliphatic carbocycles. The van der Waals surface area contributed by atoms with E-state index in [9.17, 15) is 4.79 Å². The van der Waals surface area contributed by atoms with E-state index in [2.05, 4.69) is 19.1 Å². The zero-order valence-corrected chi connectivity index (χ0v) is 10.3. The lowest BCUT2D eigenvalue weighted by Crippen LogP contribution is -2.13. The highest BCUT2D eigenvalue weighted by Gasteiger charge is 2.06. The molecule has 0 aliphatic rings. The largest absolute Gasteiger partial charge is 0.464 e. The van der Waals surface area contributed by atoms with Crippen LogP contribution in [0.3, 0.4) is 0 Å². The molecule has 0 aliphatic heterocycles. The summed E-state index contributed by atoms with van der Waals surface area (Å²) in [4.78, 5) is 11.5. The molecule has 0 fully saturated rings. The average molecular weight is 231 g/mol. The molecule has 17 heavy (non-hydrogen) atoms. The second-order valence-electron chi connectivity index (χ2n) is 4.23. The minimum Gasteiger partial charge on any atom is -0.464 e. The first kappa shape index (κ1) is 11.7. The molecule has 0 amide bonds. The van der Waals surface area contributed by atoms with Gasteiger partial charge in [-0.1, -0.05) is 18.6 Å². The molecule has 2 rings (SSSR count). The molecule has 0 radical (unpaired) electrons.